The maximum atomic E-state index is 12.2. The van der Waals surface area contributed by atoms with Gasteiger partial charge in [0.15, 0.2) is 23.9 Å². The summed E-state index contributed by atoms with van der Waals surface area (Å²) in [6.45, 7) is 1.13. The van der Waals surface area contributed by atoms with Gasteiger partial charge in [-0.3, -0.25) is 9.59 Å². The van der Waals surface area contributed by atoms with Gasteiger partial charge in [0.25, 0.3) is 5.91 Å². The minimum Gasteiger partial charge on any atom is -0.493 e. The molecule has 0 aromatic heterocycles. The number of nitrogens with one attached hydrogen (secondary N) is 1. The van der Waals surface area contributed by atoms with Gasteiger partial charge in [-0.15, -0.1) is 0 Å². The maximum Gasteiger partial charge on any atom is 0.337 e. The van der Waals surface area contributed by atoms with Crippen molar-refractivity contribution in [1.82, 2.24) is 5.32 Å². The molecule has 0 saturated carbocycles. The van der Waals surface area contributed by atoms with Crippen LogP contribution in [0.2, 0.25) is 0 Å². The molecular weight excluding hydrogens is 362 g/mol. The molecule has 0 bridgehead atoms. The fourth-order valence-electron chi connectivity index (χ4n) is 2.56. The van der Waals surface area contributed by atoms with Gasteiger partial charge in [-0.25, -0.2) is 4.79 Å². The second-order valence-electron chi connectivity index (χ2n) is 6.07. The molecule has 2 aromatic rings. The van der Waals surface area contributed by atoms with E-state index in [0.717, 1.165) is 5.56 Å². The summed E-state index contributed by atoms with van der Waals surface area (Å²) in [5, 5.41) is 2.68. The highest BCUT2D eigenvalue weighted by Gasteiger charge is 2.19. The van der Waals surface area contributed by atoms with Gasteiger partial charge in [0.05, 0.1) is 25.8 Å². The van der Waals surface area contributed by atoms with Gasteiger partial charge in [0.1, 0.15) is 0 Å². The molecule has 1 amide bonds. The Bertz CT molecular complexity index is 834. The Morgan fingerprint density at radius 1 is 1.00 bits per heavy atom. The van der Waals surface area contributed by atoms with Crippen LogP contribution < -0.4 is 14.8 Å². The third kappa shape index (κ3) is 5.84. The Morgan fingerprint density at radius 2 is 1.71 bits per heavy atom. The average Bonchev–Trinajstić information content (AvgIpc) is 2.71. The molecule has 148 valence electrons. The molecule has 0 radical (unpaired) electrons. The largest absolute Gasteiger partial charge is 0.493 e. The predicted molar refractivity (Wildman–Crippen MR) is 103 cm³/mol. The van der Waals surface area contributed by atoms with E-state index in [0.29, 0.717) is 23.5 Å². The number of Topliss-reactive ketones (excluding diaryl/α,β-unsaturated/α-hetero) is 1. The van der Waals surface area contributed by atoms with Crippen LogP contribution in [0.3, 0.4) is 0 Å². The summed E-state index contributed by atoms with van der Waals surface area (Å²) < 4.78 is 15.3. The Labute approximate surface area is 163 Å². The van der Waals surface area contributed by atoms with Gasteiger partial charge >= 0.3 is 5.97 Å². The molecule has 0 aliphatic heterocycles. The van der Waals surface area contributed by atoms with Crippen LogP contribution in [0.4, 0.5) is 0 Å². The van der Waals surface area contributed by atoms with Crippen LogP contribution in [0.15, 0.2) is 48.5 Å². The highest BCUT2D eigenvalue weighted by molar-refractivity contribution is 5.90. The Balaban J connectivity index is 1.98. The molecule has 0 saturated heterocycles. The summed E-state index contributed by atoms with van der Waals surface area (Å²) in [5.74, 6) is -0.490. The normalized spacial score (nSPS) is 11.2. The Hall–Kier alpha value is -3.35. The lowest BCUT2D eigenvalue weighted by Gasteiger charge is -2.17. The number of benzene rings is 2. The van der Waals surface area contributed by atoms with Crippen LogP contribution in [0, 0.1) is 0 Å². The summed E-state index contributed by atoms with van der Waals surface area (Å²) in [6.07, 6.45) is 0.402. The molecule has 0 aliphatic rings. The van der Waals surface area contributed by atoms with Gasteiger partial charge < -0.3 is 19.5 Å². The first-order valence-corrected chi connectivity index (χ1v) is 8.67. The van der Waals surface area contributed by atoms with E-state index in [1.807, 2.05) is 30.3 Å². The fraction of sp³-hybridized carbons (Fsp3) is 0.286. The number of methoxy groups -OCH3 is 2. The molecule has 0 fully saturated rings. The minimum absolute atomic E-state index is 0.141. The molecule has 1 N–H and O–H groups in total. The van der Waals surface area contributed by atoms with E-state index >= 15 is 0 Å². The number of carbonyl (C=O) groups is 3. The van der Waals surface area contributed by atoms with Gasteiger partial charge in [-0.05, 0) is 37.1 Å². The van der Waals surface area contributed by atoms with E-state index in [1.54, 1.807) is 0 Å². The van der Waals surface area contributed by atoms with Gasteiger partial charge in [0.2, 0.25) is 0 Å². The number of esters is 1. The van der Waals surface area contributed by atoms with Crippen LogP contribution in [-0.2, 0) is 20.7 Å². The summed E-state index contributed by atoms with van der Waals surface area (Å²) in [7, 11) is 2.71. The van der Waals surface area contributed by atoms with Crippen LogP contribution in [0.1, 0.15) is 22.8 Å². The summed E-state index contributed by atoms with van der Waals surface area (Å²) in [5.41, 5.74) is 1.25. The van der Waals surface area contributed by atoms with Crippen molar-refractivity contribution in [3.8, 4) is 11.5 Å². The Morgan fingerprint density at radius 3 is 2.32 bits per heavy atom. The first-order valence-electron chi connectivity index (χ1n) is 8.67. The lowest BCUT2D eigenvalue weighted by atomic mass is 10.0. The van der Waals surface area contributed by atoms with Crippen molar-refractivity contribution in [2.75, 3.05) is 20.8 Å². The SMILES string of the molecule is COC(=O)c1ccc(OCC(=O)NC(Cc2ccccc2)C(C)=O)c(OC)c1. The van der Waals surface area contributed by atoms with Crippen molar-refractivity contribution in [3.05, 3.63) is 59.7 Å². The van der Waals surface area contributed by atoms with Crippen LogP contribution in [-0.4, -0.2) is 44.5 Å². The number of hydrogen-bond donors (Lipinski definition) is 1. The molecule has 0 aliphatic carbocycles. The van der Waals surface area contributed by atoms with Gasteiger partial charge in [-0.1, -0.05) is 30.3 Å². The number of ketones is 1. The second kappa shape index (κ2) is 10.1. The number of hydrogen-bond acceptors (Lipinski definition) is 6. The average molecular weight is 385 g/mol. The number of ether oxygens (including phenoxy) is 3. The third-order valence-electron chi connectivity index (χ3n) is 4.05. The first-order chi connectivity index (χ1) is 13.4. The molecule has 2 rings (SSSR count). The standard InChI is InChI=1S/C21H23NO6/c1-14(23)17(11-15-7-5-4-6-8-15)22-20(24)13-28-18-10-9-16(21(25)27-3)12-19(18)26-2/h4-10,12,17H,11,13H2,1-3H3,(H,22,24). The molecule has 28 heavy (non-hydrogen) atoms. The number of amides is 1. The molecule has 1 unspecified atom stereocenters. The van der Waals surface area contributed by atoms with E-state index in [2.05, 4.69) is 10.1 Å². The monoisotopic (exact) mass is 385 g/mol. The van der Waals surface area contributed by atoms with E-state index < -0.39 is 17.9 Å². The predicted octanol–water partition coefficient (Wildman–Crippen LogP) is 2.18. The van der Waals surface area contributed by atoms with E-state index in [-0.39, 0.29) is 12.4 Å². The number of rotatable bonds is 9. The number of carbonyl (C=O) groups excluding carboxylic acids is 3. The topological polar surface area (TPSA) is 90.9 Å². The van der Waals surface area contributed by atoms with Crippen molar-refractivity contribution in [3.63, 3.8) is 0 Å². The first kappa shape index (κ1) is 21.0. The van der Waals surface area contributed by atoms with Gasteiger partial charge in [-0.2, -0.15) is 0 Å². The minimum atomic E-state index is -0.637. The lowest BCUT2D eigenvalue weighted by molar-refractivity contribution is -0.128. The van der Waals surface area contributed by atoms with Gasteiger partial charge in [0, 0.05) is 0 Å². The molecule has 7 heteroatoms. The van der Waals surface area contributed by atoms with Crippen molar-refractivity contribution in [2.24, 2.45) is 0 Å². The van der Waals surface area contributed by atoms with Crippen molar-refractivity contribution in [2.45, 2.75) is 19.4 Å². The zero-order valence-electron chi connectivity index (χ0n) is 16.1. The fourth-order valence-corrected chi connectivity index (χ4v) is 2.56. The summed E-state index contributed by atoms with van der Waals surface area (Å²) in [4.78, 5) is 35.7. The van der Waals surface area contributed by atoms with Crippen LogP contribution in [0.25, 0.3) is 0 Å². The highest BCUT2D eigenvalue weighted by Crippen LogP contribution is 2.28. The molecule has 0 heterocycles. The summed E-state index contributed by atoms with van der Waals surface area (Å²) >= 11 is 0. The van der Waals surface area contributed by atoms with Crippen LogP contribution in [0.5, 0.6) is 11.5 Å². The molecule has 0 spiro atoms. The summed E-state index contributed by atoms with van der Waals surface area (Å²) in [6, 6.07) is 13.3. The Kier molecular flexibility index (Phi) is 7.56. The van der Waals surface area contributed by atoms with Crippen molar-refractivity contribution >= 4 is 17.7 Å². The van der Waals surface area contributed by atoms with E-state index in [1.165, 1.54) is 39.3 Å². The van der Waals surface area contributed by atoms with Crippen molar-refractivity contribution < 1.29 is 28.6 Å². The molecule has 1 atom stereocenters. The maximum absolute atomic E-state index is 12.2. The molecule has 7 nitrogen and oxygen atoms in total. The molecular formula is C21H23NO6. The second-order valence-corrected chi connectivity index (χ2v) is 6.07. The molecule has 2 aromatic carbocycles. The van der Waals surface area contributed by atoms with E-state index in [4.69, 9.17) is 9.47 Å². The quantitative estimate of drug-likeness (QED) is 0.666. The third-order valence-corrected chi connectivity index (χ3v) is 4.05. The van der Waals surface area contributed by atoms with Crippen LogP contribution >= 0.6 is 0 Å². The van der Waals surface area contributed by atoms with E-state index in [9.17, 15) is 14.4 Å². The lowest BCUT2D eigenvalue weighted by Crippen LogP contribution is -2.43. The van der Waals surface area contributed by atoms with Crippen molar-refractivity contribution in [1.29, 1.82) is 0 Å². The smallest absolute Gasteiger partial charge is 0.337 e. The zero-order valence-corrected chi connectivity index (χ0v) is 16.1. The zero-order chi connectivity index (χ0) is 20.5. The highest BCUT2D eigenvalue weighted by atomic mass is 16.5.